The van der Waals surface area contributed by atoms with Gasteiger partial charge in [0.05, 0.1) is 23.5 Å². The topological polar surface area (TPSA) is 115 Å². The van der Waals surface area contributed by atoms with Gasteiger partial charge in [-0.05, 0) is 66.3 Å². The molecule has 1 amide bonds. The molecule has 0 aliphatic carbocycles. The minimum Gasteiger partial charge on any atom is -0.550 e. The molecule has 0 radical (unpaired) electrons. The highest BCUT2D eigenvalue weighted by Gasteiger charge is 2.30. The summed E-state index contributed by atoms with van der Waals surface area (Å²) in [6.45, 7) is 4.22. The van der Waals surface area contributed by atoms with Crippen molar-refractivity contribution in [3.8, 4) is 22.4 Å². The molecular weight excluding hydrogens is 535 g/mol. The fourth-order valence-corrected chi connectivity index (χ4v) is 5.19. The summed E-state index contributed by atoms with van der Waals surface area (Å²) in [6.07, 6.45) is -2.77. The van der Waals surface area contributed by atoms with Gasteiger partial charge in [0.1, 0.15) is 5.82 Å². The van der Waals surface area contributed by atoms with Crippen molar-refractivity contribution in [2.45, 2.75) is 65.2 Å². The largest absolute Gasteiger partial charge is 0.550 e. The van der Waals surface area contributed by atoms with Gasteiger partial charge in [0.15, 0.2) is 0 Å². The predicted octanol–water partition coefficient (Wildman–Crippen LogP) is 5.62. The standard InChI is InChI=1S/C33H35FN2O5.CH4/c1-21(2)31-30(33(41)35-25-11-7-4-8-12-25)29(22-9-5-3-6-10-22)32(23-13-15-24(34)16-14-23)36(31)18-17-26(37)19-27(38)20-28(39)40;/h3-16,21,26-27,37-38H,17-20H2,1-2H3,(H,35,41)(H,39,40);1H4/p-1/t26-,27-;/m1./s1. The monoisotopic (exact) mass is 573 g/mol. The van der Waals surface area contributed by atoms with Gasteiger partial charge in [0, 0.05) is 35.9 Å². The number of carbonyl (C=O) groups is 2. The summed E-state index contributed by atoms with van der Waals surface area (Å²) in [4.78, 5) is 24.9. The highest BCUT2D eigenvalue weighted by atomic mass is 19.1. The summed E-state index contributed by atoms with van der Waals surface area (Å²) in [7, 11) is 0. The molecular formula is C34H38FN2O5-. The molecule has 0 unspecified atom stereocenters. The van der Waals surface area contributed by atoms with Crippen molar-refractivity contribution in [3.63, 3.8) is 0 Å². The number of aliphatic hydroxyl groups excluding tert-OH is 2. The highest BCUT2D eigenvalue weighted by molar-refractivity contribution is 6.12. The Kier molecular flexibility index (Phi) is 11.2. The van der Waals surface area contributed by atoms with Gasteiger partial charge in [0.25, 0.3) is 5.91 Å². The van der Waals surface area contributed by atoms with Crippen molar-refractivity contribution < 1.29 is 29.3 Å². The summed E-state index contributed by atoms with van der Waals surface area (Å²) < 4.78 is 16.0. The van der Waals surface area contributed by atoms with E-state index in [1.54, 1.807) is 24.3 Å². The van der Waals surface area contributed by atoms with Gasteiger partial charge >= 0.3 is 0 Å². The molecule has 0 saturated carbocycles. The van der Waals surface area contributed by atoms with Gasteiger partial charge in [-0.1, -0.05) is 69.8 Å². The minimum absolute atomic E-state index is 0. The van der Waals surface area contributed by atoms with Gasteiger partial charge < -0.3 is 30.0 Å². The second-order valence-electron chi connectivity index (χ2n) is 10.4. The SMILES string of the molecule is C.CC(C)c1c(C(=O)Nc2ccccc2)c(-c2ccccc2)c(-c2ccc(F)cc2)n1CC[C@@H](O)C[C@@H](O)CC(=O)[O-]. The Morgan fingerprint density at radius 2 is 1.48 bits per heavy atom. The number of nitrogens with one attached hydrogen (secondary N) is 1. The van der Waals surface area contributed by atoms with E-state index >= 15 is 0 Å². The first kappa shape index (κ1) is 32.2. The number of carbonyl (C=O) groups excluding carboxylic acids is 2. The average Bonchev–Trinajstić information content (AvgIpc) is 3.28. The average molecular weight is 574 g/mol. The number of carboxylic acids is 1. The van der Waals surface area contributed by atoms with Crippen molar-refractivity contribution in [1.29, 1.82) is 0 Å². The molecule has 0 aliphatic heterocycles. The molecule has 0 aliphatic rings. The maximum absolute atomic E-state index is 14.0. The van der Waals surface area contributed by atoms with E-state index in [1.807, 2.05) is 66.9 Å². The van der Waals surface area contributed by atoms with Crippen LogP contribution in [0.1, 0.15) is 62.5 Å². The third kappa shape index (κ3) is 7.72. The predicted molar refractivity (Wildman–Crippen MR) is 161 cm³/mol. The lowest BCUT2D eigenvalue weighted by molar-refractivity contribution is -0.307. The Morgan fingerprint density at radius 1 is 0.881 bits per heavy atom. The number of anilines is 1. The lowest BCUT2D eigenvalue weighted by Gasteiger charge is -2.20. The number of halogens is 1. The Labute approximate surface area is 246 Å². The zero-order valence-electron chi connectivity index (χ0n) is 23.1. The molecule has 1 aromatic heterocycles. The van der Waals surface area contributed by atoms with Crippen LogP contribution in [-0.4, -0.2) is 38.9 Å². The number of aromatic nitrogens is 1. The molecule has 3 N–H and O–H groups in total. The summed E-state index contributed by atoms with van der Waals surface area (Å²) >= 11 is 0. The lowest BCUT2D eigenvalue weighted by atomic mass is 9.94. The molecule has 8 heteroatoms. The number of para-hydroxylation sites is 1. The number of nitrogens with zero attached hydrogens (tertiary/aromatic N) is 1. The number of amides is 1. The van der Waals surface area contributed by atoms with Crippen LogP contribution in [0.3, 0.4) is 0 Å². The van der Waals surface area contributed by atoms with E-state index in [-0.39, 0.29) is 38.6 Å². The molecule has 222 valence electrons. The molecule has 0 fully saturated rings. The molecule has 0 spiro atoms. The van der Waals surface area contributed by atoms with Crippen LogP contribution in [0.4, 0.5) is 10.1 Å². The van der Waals surface area contributed by atoms with Crippen molar-refractivity contribution in [2.24, 2.45) is 0 Å². The Balaban J connectivity index is 0.00000484. The number of hydrogen-bond donors (Lipinski definition) is 3. The number of benzene rings is 3. The molecule has 7 nitrogen and oxygen atoms in total. The van der Waals surface area contributed by atoms with Crippen LogP contribution in [0.5, 0.6) is 0 Å². The summed E-state index contributed by atoms with van der Waals surface area (Å²) in [5.41, 5.74) is 4.72. The molecule has 1 heterocycles. The zero-order chi connectivity index (χ0) is 29.5. The molecule has 0 bridgehead atoms. The van der Waals surface area contributed by atoms with E-state index in [1.165, 1.54) is 12.1 Å². The van der Waals surface area contributed by atoms with Crippen LogP contribution < -0.4 is 10.4 Å². The van der Waals surface area contributed by atoms with E-state index in [4.69, 9.17) is 0 Å². The van der Waals surface area contributed by atoms with E-state index in [9.17, 15) is 29.3 Å². The summed E-state index contributed by atoms with van der Waals surface area (Å²) in [5.74, 6) is -2.20. The first-order chi connectivity index (χ1) is 19.7. The van der Waals surface area contributed by atoms with Crippen LogP contribution in [0.15, 0.2) is 84.9 Å². The van der Waals surface area contributed by atoms with Gasteiger partial charge in [-0.3, -0.25) is 4.79 Å². The van der Waals surface area contributed by atoms with Crippen LogP contribution >= 0.6 is 0 Å². The smallest absolute Gasteiger partial charge is 0.258 e. The molecule has 0 saturated heterocycles. The molecule has 2 atom stereocenters. The van der Waals surface area contributed by atoms with Crippen LogP contribution in [-0.2, 0) is 11.3 Å². The van der Waals surface area contributed by atoms with Crippen molar-refractivity contribution in [2.75, 3.05) is 5.32 Å². The maximum Gasteiger partial charge on any atom is 0.258 e. The number of aliphatic carboxylic acids is 1. The van der Waals surface area contributed by atoms with E-state index < -0.39 is 30.4 Å². The van der Waals surface area contributed by atoms with E-state index in [0.717, 1.165) is 11.3 Å². The molecule has 4 aromatic rings. The maximum atomic E-state index is 14.0. The van der Waals surface area contributed by atoms with Gasteiger partial charge in [-0.25, -0.2) is 4.39 Å². The summed E-state index contributed by atoms with van der Waals surface area (Å²) in [5, 5.41) is 34.6. The van der Waals surface area contributed by atoms with Crippen molar-refractivity contribution >= 4 is 17.6 Å². The van der Waals surface area contributed by atoms with Gasteiger partial charge in [0.2, 0.25) is 0 Å². The fraction of sp³-hybridized carbons (Fsp3) is 0.294. The minimum atomic E-state index is -1.39. The van der Waals surface area contributed by atoms with Gasteiger partial charge in [-0.15, -0.1) is 0 Å². The first-order valence-electron chi connectivity index (χ1n) is 13.7. The number of aliphatic hydroxyl groups is 2. The van der Waals surface area contributed by atoms with Crippen molar-refractivity contribution in [1.82, 2.24) is 4.57 Å². The van der Waals surface area contributed by atoms with E-state index in [0.29, 0.717) is 28.1 Å². The molecule has 3 aromatic carbocycles. The molecule has 4 rings (SSSR count). The number of carboxylic acid groups (broad SMARTS) is 1. The Morgan fingerprint density at radius 3 is 2.05 bits per heavy atom. The second-order valence-corrected chi connectivity index (χ2v) is 10.4. The van der Waals surface area contributed by atoms with E-state index in [2.05, 4.69) is 5.32 Å². The van der Waals surface area contributed by atoms with Gasteiger partial charge in [-0.2, -0.15) is 0 Å². The highest BCUT2D eigenvalue weighted by Crippen LogP contribution is 2.42. The zero-order valence-corrected chi connectivity index (χ0v) is 23.1. The first-order valence-corrected chi connectivity index (χ1v) is 13.7. The lowest BCUT2D eigenvalue weighted by Crippen LogP contribution is -2.29. The fourth-order valence-electron chi connectivity index (χ4n) is 5.19. The van der Waals surface area contributed by atoms with Crippen LogP contribution in [0.2, 0.25) is 0 Å². The third-order valence-corrected chi connectivity index (χ3v) is 6.92. The Hall–Kier alpha value is -4.27. The number of hydrogen-bond acceptors (Lipinski definition) is 5. The van der Waals surface area contributed by atoms with Crippen LogP contribution in [0.25, 0.3) is 22.4 Å². The number of rotatable bonds is 12. The normalized spacial score (nSPS) is 12.4. The van der Waals surface area contributed by atoms with Crippen molar-refractivity contribution in [3.05, 3.63) is 102 Å². The Bertz CT molecular complexity index is 1470. The quantitative estimate of drug-likeness (QED) is 0.204. The third-order valence-electron chi connectivity index (χ3n) is 6.92. The second kappa shape index (κ2) is 14.6. The molecule has 42 heavy (non-hydrogen) atoms. The van der Waals surface area contributed by atoms with Crippen LogP contribution in [0, 0.1) is 5.82 Å². The summed E-state index contributed by atoms with van der Waals surface area (Å²) in [6, 6.07) is 24.7.